The van der Waals surface area contributed by atoms with E-state index in [9.17, 15) is 0 Å². The molecule has 0 aromatic carbocycles. The average Bonchev–Trinajstić information content (AvgIpc) is 2.16. The van der Waals surface area contributed by atoms with E-state index >= 15 is 0 Å². The zero-order valence-electron chi connectivity index (χ0n) is 10.1. The summed E-state index contributed by atoms with van der Waals surface area (Å²) in [6.45, 7) is 5.61. The van der Waals surface area contributed by atoms with Crippen LogP contribution in [0.25, 0.3) is 0 Å². The molecule has 0 aromatic heterocycles. The van der Waals surface area contributed by atoms with Crippen LogP contribution in [0.5, 0.6) is 0 Å². The molecule has 0 saturated carbocycles. The predicted molar refractivity (Wildman–Crippen MR) is 64.7 cm³/mol. The van der Waals surface area contributed by atoms with Gasteiger partial charge in [-0.3, -0.25) is 15.7 Å². The van der Waals surface area contributed by atoms with Gasteiger partial charge in [0.1, 0.15) is 0 Å². The van der Waals surface area contributed by atoms with Crippen molar-refractivity contribution in [2.24, 2.45) is 10.7 Å². The van der Waals surface area contributed by atoms with Gasteiger partial charge < -0.3 is 16.3 Å². The minimum absolute atomic E-state index is 0.0869. The number of nitrogens with zero attached hydrogens (tertiary/aromatic N) is 2. The van der Waals surface area contributed by atoms with E-state index in [1.165, 1.54) is 0 Å². The van der Waals surface area contributed by atoms with Crippen molar-refractivity contribution in [2.45, 2.75) is 26.7 Å². The summed E-state index contributed by atoms with van der Waals surface area (Å²) >= 11 is 0. The van der Waals surface area contributed by atoms with Gasteiger partial charge in [0.15, 0.2) is 11.9 Å². The summed E-state index contributed by atoms with van der Waals surface area (Å²) in [7, 11) is 0. The van der Waals surface area contributed by atoms with Crippen molar-refractivity contribution in [1.29, 1.82) is 5.41 Å². The molecule has 0 unspecified atom stereocenters. The van der Waals surface area contributed by atoms with E-state index in [4.69, 9.17) is 26.5 Å². The number of hydrogen-bond donors (Lipinski definition) is 5. The van der Waals surface area contributed by atoms with E-state index in [0.29, 0.717) is 5.96 Å². The van der Waals surface area contributed by atoms with Gasteiger partial charge in [0, 0.05) is 13.1 Å². The summed E-state index contributed by atoms with van der Waals surface area (Å²) in [6, 6.07) is 0. The number of nitrogens with two attached hydrogens (primary N) is 1. The fraction of sp³-hybridized carbons (Fsp3) is 0.750. The zero-order valence-corrected chi connectivity index (χ0v) is 10.1. The van der Waals surface area contributed by atoms with Crippen LogP contribution in [0, 0.1) is 15.5 Å². The number of hydrogen-bond acceptors (Lipinski definition) is 4. The summed E-state index contributed by atoms with van der Waals surface area (Å²) < 4.78 is 0. The molecule has 9 heteroatoms. The first-order valence-electron chi connectivity index (χ1n) is 5.16. The number of unbranched alkanes of at least 4 members (excludes halogenated alkanes) is 1. The molecule has 0 heterocycles. The van der Waals surface area contributed by atoms with Gasteiger partial charge in [-0.1, -0.05) is 13.3 Å². The Labute approximate surface area is 99.7 Å². The molecule has 0 spiro atoms. The van der Waals surface area contributed by atoms with Gasteiger partial charge in [0.2, 0.25) is 0 Å². The molecule has 0 saturated heterocycles. The fourth-order valence-electron chi connectivity index (χ4n) is 0.784. The van der Waals surface area contributed by atoms with E-state index in [-0.39, 0.29) is 5.96 Å². The van der Waals surface area contributed by atoms with Crippen molar-refractivity contribution in [3.63, 3.8) is 0 Å². The highest BCUT2D eigenvalue weighted by Gasteiger charge is 1.95. The summed E-state index contributed by atoms with van der Waals surface area (Å²) in [6.07, 6.45) is 2.16. The molecule has 0 aliphatic carbocycles. The summed E-state index contributed by atoms with van der Waals surface area (Å²) in [4.78, 5) is 12.6. The van der Waals surface area contributed by atoms with Crippen LogP contribution >= 0.6 is 0 Å². The zero-order chi connectivity index (χ0) is 13.7. The Bertz CT molecular complexity index is 252. The van der Waals surface area contributed by atoms with E-state index in [1.54, 1.807) is 0 Å². The molecule has 9 nitrogen and oxygen atoms in total. The first-order valence-corrected chi connectivity index (χ1v) is 5.16. The monoisotopic (exact) mass is 248 g/mol. The van der Waals surface area contributed by atoms with Crippen molar-refractivity contribution in [2.75, 3.05) is 13.1 Å². The Morgan fingerprint density at radius 2 is 2.12 bits per heavy atom. The molecule has 0 aromatic rings. The molecule has 0 amide bonds. The highest BCUT2D eigenvalue weighted by molar-refractivity contribution is 5.96. The number of nitrogens with one attached hydrogen (secondary N) is 3. The molecule has 0 rings (SSSR count). The first-order chi connectivity index (χ1) is 7.93. The summed E-state index contributed by atoms with van der Waals surface area (Å²) in [5, 5.41) is 26.3. The van der Waals surface area contributed by atoms with Crippen molar-refractivity contribution in [3.8, 4) is 0 Å². The third kappa shape index (κ3) is 20.1. The molecule has 0 bridgehead atoms. The lowest BCUT2D eigenvalue weighted by molar-refractivity contribution is -0.742. The summed E-state index contributed by atoms with van der Waals surface area (Å²) in [5.41, 5.74) is 5.18. The largest absolute Gasteiger partial charge is 0.370 e. The van der Waals surface area contributed by atoms with Crippen LogP contribution < -0.4 is 16.4 Å². The van der Waals surface area contributed by atoms with E-state index in [0.717, 1.165) is 25.9 Å². The van der Waals surface area contributed by atoms with Gasteiger partial charge in [0.05, 0.1) is 0 Å². The van der Waals surface area contributed by atoms with Crippen LogP contribution in [0.15, 0.2) is 4.99 Å². The normalized spacial score (nSPS) is 9.88. The van der Waals surface area contributed by atoms with Crippen molar-refractivity contribution < 1.29 is 10.3 Å². The second-order valence-electron chi connectivity index (χ2n) is 2.89. The average molecular weight is 248 g/mol. The molecule has 17 heavy (non-hydrogen) atoms. The minimum Gasteiger partial charge on any atom is -0.370 e. The lowest BCUT2D eigenvalue weighted by Gasteiger charge is -2.08. The molecule has 0 aliphatic heterocycles. The maximum Gasteiger partial charge on any atom is 0.291 e. The van der Waals surface area contributed by atoms with Gasteiger partial charge in [-0.25, -0.2) is 0 Å². The molecular formula is C8H20N6O3. The van der Waals surface area contributed by atoms with Gasteiger partial charge in [-0.05, 0) is 13.3 Å². The van der Waals surface area contributed by atoms with Gasteiger partial charge in [-0.15, -0.1) is 10.1 Å². The lowest BCUT2D eigenvalue weighted by Crippen LogP contribution is -2.44. The third-order valence-electron chi connectivity index (χ3n) is 1.38. The van der Waals surface area contributed by atoms with Crippen LogP contribution in [0.3, 0.4) is 0 Å². The topological polar surface area (TPSA) is 150 Å². The van der Waals surface area contributed by atoms with Crippen molar-refractivity contribution >= 4 is 11.9 Å². The van der Waals surface area contributed by atoms with E-state index in [2.05, 4.69) is 22.5 Å². The quantitative estimate of drug-likeness (QED) is 0.154. The molecule has 0 atom stereocenters. The van der Waals surface area contributed by atoms with Crippen LogP contribution in [0.1, 0.15) is 26.7 Å². The lowest BCUT2D eigenvalue weighted by atomic mass is 10.3. The minimum atomic E-state index is -1.50. The Morgan fingerprint density at radius 1 is 1.59 bits per heavy atom. The molecule has 6 N–H and O–H groups in total. The van der Waals surface area contributed by atoms with Gasteiger partial charge >= 0.3 is 0 Å². The number of guanidine groups is 2. The predicted octanol–water partition coefficient (Wildman–Crippen LogP) is -0.113. The highest BCUT2D eigenvalue weighted by Crippen LogP contribution is 1.86. The number of aliphatic imine (C=N–C) groups is 1. The molecule has 0 fully saturated rings. The van der Waals surface area contributed by atoms with Crippen LogP contribution in [-0.4, -0.2) is 35.3 Å². The van der Waals surface area contributed by atoms with E-state index in [1.807, 2.05) is 6.92 Å². The first kappa shape index (κ1) is 17.3. The smallest absolute Gasteiger partial charge is 0.291 e. The van der Waals surface area contributed by atoms with Crippen LogP contribution in [0.4, 0.5) is 0 Å². The molecule has 100 valence electrons. The Morgan fingerprint density at radius 3 is 2.47 bits per heavy atom. The standard InChI is InChI=1S/C8H19N5.HNO3/c1-3-5-6-12-8(11-4-2)13-7(9)10;2-1(3)4/h3-6H2,1-2H3,(H5,9,10,11,12,13);(H,2,3,4). The van der Waals surface area contributed by atoms with E-state index < -0.39 is 5.09 Å². The number of rotatable bonds is 4. The maximum atomic E-state index is 8.36. The SMILES string of the molecule is CCCC/N=C(/NCC)NC(=N)N.O=[N+]([O-])O. The molecular weight excluding hydrogens is 228 g/mol. The van der Waals surface area contributed by atoms with Crippen LogP contribution in [0.2, 0.25) is 0 Å². The third-order valence-corrected chi connectivity index (χ3v) is 1.38. The Balaban J connectivity index is 0. The summed E-state index contributed by atoms with van der Waals surface area (Å²) in [5.74, 6) is 0.500. The van der Waals surface area contributed by atoms with Crippen molar-refractivity contribution in [1.82, 2.24) is 10.6 Å². The highest BCUT2D eigenvalue weighted by atomic mass is 16.9. The van der Waals surface area contributed by atoms with Gasteiger partial charge in [-0.2, -0.15) is 0 Å². The molecule has 0 radical (unpaired) electrons. The van der Waals surface area contributed by atoms with Crippen molar-refractivity contribution in [3.05, 3.63) is 10.1 Å². The fourth-order valence-corrected chi connectivity index (χ4v) is 0.784. The second-order valence-corrected chi connectivity index (χ2v) is 2.89. The van der Waals surface area contributed by atoms with Crippen LogP contribution in [-0.2, 0) is 0 Å². The maximum absolute atomic E-state index is 8.36. The van der Waals surface area contributed by atoms with Gasteiger partial charge in [0.25, 0.3) is 5.09 Å². The molecule has 0 aliphatic rings. The second kappa shape index (κ2) is 12.0. The Kier molecular flexibility index (Phi) is 12.3. The Hall–Kier alpha value is -2.06.